The van der Waals surface area contributed by atoms with E-state index in [1.54, 1.807) is 12.1 Å². The molecule has 0 radical (unpaired) electrons. The second-order valence-electron chi connectivity index (χ2n) is 4.29. The van der Waals surface area contributed by atoms with Crippen LogP contribution in [-0.4, -0.2) is 12.3 Å². The van der Waals surface area contributed by atoms with Crippen molar-refractivity contribution in [3.8, 4) is 11.5 Å². The monoisotopic (exact) mass is 315 g/mol. The normalized spacial score (nSPS) is 12.3. The Hall–Kier alpha value is -2.69. The van der Waals surface area contributed by atoms with Gasteiger partial charge in [-0.25, -0.2) is 0 Å². The molecule has 0 atom stereocenters. The van der Waals surface area contributed by atoms with Crippen LogP contribution in [0.1, 0.15) is 12.0 Å². The maximum absolute atomic E-state index is 6.75. The van der Waals surface area contributed by atoms with Crippen molar-refractivity contribution in [3.05, 3.63) is 75.1 Å². The Balaban J connectivity index is 0.000000545. The minimum atomic E-state index is 0.650. The average molecular weight is 316 g/mol. The molecule has 0 spiro atoms. The fourth-order valence-corrected chi connectivity index (χ4v) is 2.01. The first-order valence-electron chi connectivity index (χ1n) is 6.44. The SMILES string of the molecule is Clc1ccc(Oc2cccc(C3=NOCC3)c2)cc1.[N-]=[N+]=[N-]. The lowest BCUT2D eigenvalue weighted by Crippen LogP contribution is -1.97. The van der Waals surface area contributed by atoms with E-state index in [0.717, 1.165) is 29.2 Å². The third kappa shape index (κ3) is 4.41. The Kier molecular flexibility index (Phi) is 5.65. The molecule has 22 heavy (non-hydrogen) atoms. The number of oxime groups is 1. The molecule has 112 valence electrons. The van der Waals surface area contributed by atoms with Crippen LogP contribution in [0.5, 0.6) is 11.5 Å². The quantitative estimate of drug-likeness (QED) is 0.446. The van der Waals surface area contributed by atoms with E-state index in [1.165, 1.54) is 4.91 Å². The number of hydrogen-bond acceptors (Lipinski definition) is 3. The molecule has 0 saturated heterocycles. The van der Waals surface area contributed by atoms with E-state index in [4.69, 9.17) is 32.2 Å². The van der Waals surface area contributed by atoms with Crippen molar-refractivity contribution in [2.24, 2.45) is 5.16 Å². The zero-order valence-corrected chi connectivity index (χ0v) is 12.3. The molecule has 1 aliphatic heterocycles. The molecule has 0 N–H and O–H groups in total. The van der Waals surface area contributed by atoms with Crippen LogP contribution in [0.25, 0.3) is 16.0 Å². The highest BCUT2D eigenvalue weighted by Gasteiger charge is 2.11. The van der Waals surface area contributed by atoms with Crippen molar-refractivity contribution in [1.82, 2.24) is 0 Å². The van der Waals surface area contributed by atoms with E-state index in [2.05, 4.69) is 5.16 Å². The zero-order valence-electron chi connectivity index (χ0n) is 11.5. The summed E-state index contributed by atoms with van der Waals surface area (Å²) in [6.07, 6.45) is 0.838. The van der Waals surface area contributed by atoms with Gasteiger partial charge >= 0.3 is 0 Å². The predicted molar refractivity (Wildman–Crippen MR) is 85.2 cm³/mol. The van der Waals surface area contributed by atoms with Crippen LogP contribution in [0, 0.1) is 0 Å². The summed E-state index contributed by atoms with van der Waals surface area (Å²) in [4.78, 5) is 6.52. The van der Waals surface area contributed by atoms with Gasteiger partial charge in [-0.3, -0.25) is 4.91 Å². The predicted octanol–water partition coefficient (Wildman–Crippen LogP) is 5.12. The van der Waals surface area contributed by atoms with Gasteiger partial charge in [0.25, 0.3) is 0 Å². The molecular weight excluding hydrogens is 304 g/mol. The van der Waals surface area contributed by atoms with Crippen molar-refractivity contribution in [3.63, 3.8) is 0 Å². The Bertz CT molecular complexity index is 695. The fourth-order valence-electron chi connectivity index (χ4n) is 1.89. The van der Waals surface area contributed by atoms with Crippen LogP contribution in [0.3, 0.4) is 0 Å². The Labute approximate surface area is 132 Å². The van der Waals surface area contributed by atoms with Crippen molar-refractivity contribution in [1.29, 1.82) is 0 Å². The number of ether oxygens (including phenoxy) is 1. The van der Waals surface area contributed by atoms with E-state index in [1.807, 2.05) is 36.4 Å². The van der Waals surface area contributed by atoms with E-state index in [9.17, 15) is 0 Å². The first-order chi connectivity index (χ1) is 10.7. The number of hydrogen-bond donors (Lipinski definition) is 0. The summed E-state index contributed by atoms with van der Waals surface area (Å²) in [5, 5.41) is 4.70. The molecule has 2 aromatic rings. The van der Waals surface area contributed by atoms with Gasteiger partial charge in [0.15, 0.2) is 0 Å². The van der Waals surface area contributed by atoms with Crippen LogP contribution in [0.2, 0.25) is 5.02 Å². The van der Waals surface area contributed by atoms with Crippen LogP contribution in [0.15, 0.2) is 53.7 Å². The summed E-state index contributed by atoms with van der Waals surface area (Å²) in [7, 11) is 0. The molecule has 6 nitrogen and oxygen atoms in total. The van der Waals surface area contributed by atoms with Crippen molar-refractivity contribution in [2.75, 3.05) is 6.61 Å². The maximum atomic E-state index is 6.75. The van der Waals surface area contributed by atoms with Gasteiger partial charge in [-0.2, -0.15) is 0 Å². The Morgan fingerprint density at radius 1 is 1.09 bits per heavy atom. The smallest absolute Gasteiger partial charge is 0.128 e. The van der Waals surface area contributed by atoms with Crippen LogP contribution < -0.4 is 4.74 Å². The average Bonchev–Trinajstić information content (AvgIpc) is 3.05. The van der Waals surface area contributed by atoms with E-state index in [0.29, 0.717) is 11.6 Å². The molecular formula is C15H12ClN4O2-. The van der Waals surface area contributed by atoms with Gasteiger partial charge in [-0.05, 0) is 36.4 Å². The maximum Gasteiger partial charge on any atom is 0.128 e. The minimum absolute atomic E-state index is 0.650. The third-order valence-corrected chi connectivity index (χ3v) is 3.07. The minimum Gasteiger partial charge on any atom is -0.457 e. The molecule has 0 unspecified atom stereocenters. The number of halogens is 1. The van der Waals surface area contributed by atoms with Gasteiger partial charge in [0.2, 0.25) is 0 Å². The van der Waals surface area contributed by atoms with Crippen molar-refractivity contribution in [2.45, 2.75) is 6.42 Å². The lowest BCUT2D eigenvalue weighted by molar-refractivity contribution is 0.174. The highest BCUT2D eigenvalue weighted by molar-refractivity contribution is 6.30. The summed E-state index contributed by atoms with van der Waals surface area (Å²) in [6, 6.07) is 15.1. The molecule has 0 saturated carbocycles. The van der Waals surface area contributed by atoms with Gasteiger partial charge in [-0.15, -0.1) is 0 Å². The molecule has 0 aliphatic carbocycles. The highest BCUT2D eigenvalue weighted by Crippen LogP contribution is 2.24. The van der Waals surface area contributed by atoms with E-state index < -0.39 is 0 Å². The molecule has 2 aromatic carbocycles. The second-order valence-corrected chi connectivity index (χ2v) is 4.73. The fraction of sp³-hybridized carbons (Fsp3) is 0.133. The molecule has 1 aliphatic rings. The summed E-state index contributed by atoms with van der Waals surface area (Å²) in [5.74, 6) is 1.53. The number of rotatable bonds is 3. The molecule has 0 amide bonds. The lowest BCUT2D eigenvalue weighted by atomic mass is 10.1. The largest absolute Gasteiger partial charge is 0.457 e. The standard InChI is InChI=1S/C15H12ClNO2.N3/c16-12-4-6-13(7-5-12)19-14-3-1-2-11(10-14)15-8-9-18-17-15;1-3-2/h1-7,10H,8-9H2;/q;-1. The molecule has 0 bridgehead atoms. The number of nitrogens with zero attached hydrogens (tertiary/aromatic N) is 4. The summed E-state index contributed by atoms with van der Waals surface area (Å²) < 4.78 is 5.78. The van der Waals surface area contributed by atoms with Gasteiger partial charge in [0.1, 0.15) is 18.1 Å². The van der Waals surface area contributed by atoms with E-state index >= 15 is 0 Å². The third-order valence-electron chi connectivity index (χ3n) is 2.82. The van der Waals surface area contributed by atoms with E-state index in [-0.39, 0.29) is 0 Å². The second kappa shape index (κ2) is 7.93. The highest BCUT2D eigenvalue weighted by atomic mass is 35.5. The molecule has 7 heteroatoms. The lowest BCUT2D eigenvalue weighted by Gasteiger charge is -2.07. The molecule has 0 aromatic heterocycles. The van der Waals surface area contributed by atoms with Crippen LogP contribution in [-0.2, 0) is 4.84 Å². The first kappa shape index (κ1) is 15.7. The Morgan fingerprint density at radius 3 is 2.45 bits per heavy atom. The van der Waals surface area contributed by atoms with Gasteiger partial charge in [0, 0.05) is 17.0 Å². The Morgan fingerprint density at radius 2 is 1.82 bits per heavy atom. The molecule has 0 fully saturated rings. The number of benzene rings is 2. The topological polar surface area (TPSA) is 89.5 Å². The van der Waals surface area contributed by atoms with Gasteiger partial charge in [-0.1, -0.05) is 28.9 Å². The van der Waals surface area contributed by atoms with Crippen LogP contribution in [0.4, 0.5) is 0 Å². The van der Waals surface area contributed by atoms with Crippen molar-refractivity contribution >= 4 is 17.3 Å². The zero-order chi connectivity index (χ0) is 15.8. The van der Waals surface area contributed by atoms with Crippen LogP contribution >= 0.6 is 11.6 Å². The summed E-state index contributed by atoms with van der Waals surface area (Å²) in [6.45, 7) is 0.650. The van der Waals surface area contributed by atoms with Gasteiger partial charge in [0.05, 0.1) is 5.71 Å². The molecule has 3 rings (SSSR count). The summed E-state index contributed by atoms with van der Waals surface area (Å²) in [5.41, 5.74) is 15.5. The summed E-state index contributed by atoms with van der Waals surface area (Å²) >= 11 is 5.84. The molecule has 1 heterocycles. The van der Waals surface area contributed by atoms with Gasteiger partial charge < -0.3 is 20.6 Å². The van der Waals surface area contributed by atoms with Crippen molar-refractivity contribution < 1.29 is 9.57 Å². The first-order valence-corrected chi connectivity index (χ1v) is 6.82.